The highest BCUT2D eigenvalue weighted by molar-refractivity contribution is 9.11. The van der Waals surface area contributed by atoms with E-state index < -0.39 is 20.8 Å². The number of halogens is 2. The lowest BCUT2D eigenvalue weighted by molar-refractivity contribution is -0.139. The van der Waals surface area contributed by atoms with Crippen LogP contribution in [0.2, 0.25) is 0 Å². The maximum atomic E-state index is 12.0. The van der Waals surface area contributed by atoms with E-state index in [1.807, 2.05) is 0 Å². The van der Waals surface area contributed by atoms with Crippen molar-refractivity contribution in [1.82, 2.24) is 4.72 Å². The summed E-state index contributed by atoms with van der Waals surface area (Å²) in [6, 6.07) is 1.53. The Hall–Kier alpha value is 0.0400. The van der Waals surface area contributed by atoms with Crippen LogP contribution in [0.4, 0.5) is 0 Å². The molecule has 1 atom stereocenters. The summed E-state index contributed by atoms with van der Waals surface area (Å²) in [5.41, 5.74) is 0. The van der Waals surface area contributed by atoms with Crippen molar-refractivity contribution in [3.8, 4) is 0 Å². The molecule has 18 heavy (non-hydrogen) atoms. The van der Waals surface area contributed by atoms with Crippen LogP contribution in [-0.2, 0) is 19.6 Å². The summed E-state index contributed by atoms with van der Waals surface area (Å²) in [4.78, 5) is 11.3. The minimum absolute atomic E-state index is 0.0675. The number of thiophene rings is 1. The van der Waals surface area contributed by atoms with Crippen LogP contribution >= 0.6 is 43.2 Å². The molecule has 5 nitrogen and oxygen atoms in total. The van der Waals surface area contributed by atoms with Gasteiger partial charge in [-0.15, -0.1) is 11.3 Å². The summed E-state index contributed by atoms with van der Waals surface area (Å²) in [6.45, 7) is 1.65. The third kappa shape index (κ3) is 4.02. The van der Waals surface area contributed by atoms with Gasteiger partial charge in [-0.05, 0) is 28.9 Å². The topological polar surface area (TPSA) is 72.5 Å². The Morgan fingerprint density at radius 1 is 1.61 bits per heavy atom. The Labute approximate surface area is 126 Å². The second-order valence-corrected chi connectivity index (χ2v) is 8.79. The SMILES string of the molecule is COC(=O)C(Br)CNS(=O)(=O)c1cc(Br)sc1C. The molecule has 0 bridgehead atoms. The number of methoxy groups -OCH3 is 1. The van der Waals surface area contributed by atoms with Gasteiger partial charge in [0.15, 0.2) is 0 Å². The van der Waals surface area contributed by atoms with Gasteiger partial charge < -0.3 is 4.74 Å². The summed E-state index contributed by atoms with van der Waals surface area (Å²) in [5, 5.41) is 0. The zero-order valence-electron chi connectivity index (χ0n) is 9.57. The number of alkyl halides is 1. The van der Waals surface area contributed by atoms with E-state index in [4.69, 9.17) is 0 Å². The summed E-state index contributed by atoms with van der Waals surface area (Å²) < 4.78 is 31.5. The van der Waals surface area contributed by atoms with E-state index in [1.54, 1.807) is 6.92 Å². The number of aryl methyl sites for hydroxylation is 1. The van der Waals surface area contributed by atoms with E-state index in [1.165, 1.54) is 24.5 Å². The number of ether oxygens (including phenoxy) is 1. The molecular formula is C9H11Br2NO4S2. The van der Waals surface area contributed by atoms with Crippen LogP contribution in [0, 0.1) is 6.92 Å². The Morgan fingerprint density at radius 3 is 2.67 bits per heavy atom. The molecule has 0 aromatic carbocycles. The Kier molecular flexibility index (Phi) is 5.78. The molecule has 1 aromatic heterocycles. The molecule has 9 heteroatoms. The predicted molar refractivity (Wildman–Crippen MR) is 76.7 cm³/mol. The molecule has 0 aliphatic heterocycles. The number of nitrogens with one attached hydrogen (secondary N) is 1. The molecule has 1 heterocycles. The first-order valence-corrected chi connectivity index (χ1v) is 8.76. The molecule has 1 unspecified atom stereocenters. The summed E-state index contributed by atoms with van der Waals surface area (Å²) in [7, 11) is -2.37. The number of carbonyl (C=O) groups excluding carboxylic acids is 1. The Balaban J connectivity index is 2.78. The summed E-state index contributed by atoms with van der Waals surface area (Å²) >= 11 is 7.61. The second kappa shape index (κ2) is 6.47. The average Bonchev–Trinajstić information content (AvgIpc) is 2.65. The zero-order chi connectivity index (χ0) is 13.9. The number of esters is 1. The van der Waals surface area contributed by atoms with Crippen LogP contribution in [-0.4, -0.2) is 32.9 Å². The van der Waals surface area contributed by atoms with Crippen molar-refractivity contribution in [3.05, 3.63) is 14.7 Å². The molecule has 0 aliphatic rings. The maximum absolute atomic E-state index is 12.0. The normalized spacial score (nSPS) is 13.3. The summed E-state index contributed by atoms with van der Waals surface area (Å²) in [5.74, 6) is -0.527. The number of hydrogen-bond acceptors (Lipinski definition) is 5. The van der Waals surface area contributed by atoms with Gasteiger partial charge in [-0.3, -0.25) is 4.79 Å². The van der Waals surface area contributed by atoms with E-state index in [9.17, 15) is 13.2 Å². The van der Waals surface area contributed by atoms with Crippen LogP contribution in [0.1, 0.15) is 4.88 Å². The van der Waals surface area contributed by atoms with Gasteiger partial charge in [0.1, 0.15) is 4.83 Å². The third-order valence-corrected chi connectivity index (χ3v) is 5.97. The molecular weight excluding hydrogens is 410 g/mol. The predicted octanol–water partition coefficient (Wildman–Crippen LogP) is 2.03. The number of carbonyl (C=O) groups is 1. The quantitative estimate of drug-likeness (QED) is 0.584. The molecule has 0 aliphatic carbocycles. The molecule has 0 radical (unpaired) electrons. The van der Waals surface area contributed by atoms with Gasteiger partial charge in [0, 0.05) is 11.4 Å². The van der Waals surface area contributed by atoms with Gasteiger partial charge in [-0.1, -0.05) is 15.9 Å². The Bertz CT molecular complexity index is 541. The first kappa shape index (κ1) is 16.1. The number of rotatable bonds is 5. The molecule has 1 N–H and O–H groups in total. The molecule has 0 saturated heterocycles. The minimum atomic E-state index is -3.61. The highest BCUT2D eigenvalue weighted by Crippen LogP contribution is 2.29. The van der Waals surface area contributed by atoms with E-state index in [-0.39, 0.29) is 11.4 Å². The minimum Gasteiger partial charge on any atom is -0.468 e. The van der Waals surface area contributed by atoms with E-state index in [0.29, 0.717) is 4.88 Å². The van der Waals surface area contributed by atoms with E-state index in [2.05, 4.69) is 41.3 Å². The lowest BCUT2D eigenvalue weighted by Crippen LogP contribution is -2.34. The van der Waals surface area contributed by atoms with E-state index >= 15 is 0 Å². The standard InChI is InChI=1S/C9H11Br2NO4S2/c1-5-7(3-8(11)17-5)18(14,15)12-4-6(10)9(13)16-2/h3,6,12H,4H2,1-2H3. The third-order valence-electron chi connectivity index (χ3n) is 2.04. The van der Waals surface area contributed by atoms with Crippen molar-refractivity contribution in [2.24, 2.45) is 0 Å². The van der Waals surface area contributed by atoms with Crippen molar-refractivity contribution < 1.29 is 17.9 Å². The van der Waals surface area contributed by atoms with Crippen LogP contribution in [0.25, 0.3) is 0 Å². The average molecular weight is 421 g/mol. The fourth-order valence-corrected chi connectivity index (χ4v) is 5.19. The number of sulfonamides is 1. The van der Waals surface area contributed by atoms with Crippen molar-refractivity contribution in [1.29, 1.82) is 0 Å². The first-order valence-electron chi connectivity index (χ1n) is 4.75. The first-order chi connectivity index (χ1) is 8.27. The second-order valence-electron chi connectivity index (χ2n) is 3.31. The van der Waals surface area contributed by atoms with E-state index in [0.717, 1.165) is 3.79 Å². The molecule has 102 valence electrons. The van der Waals surface area contributed by atoms with Crippen molar-refractivity contribution in [3.63, 3.8) is 0 Å². The van der Waals surface area contributed by atoms with Crippen LogP contribution in [0.5, 0.6) is 0 Å². The lowest BCUT2D eigenvalue weighted by atomic mass is 10.4. The largest absolute Gasteiger partial charge is 0.468 e. The summed E-state index contributed by atoms with van der Waals surface area (Å²) in [6.07, 6.45) is 0. The molecule has 0 saturated carbocycles. The van der Waals surface area contributed by atoms with Gasteiger partial charge in [0.05, 0.1) is 15.8 Å². The molecule has 0 fully saturated rings. The fraction of sp³-hybridized carbons (Fsp3) is 0.444. The highest BCUT2D eigenvalue weighted by atomic mass is 79.9. The smallest absolute Gasteiger partial charge is 0.320 e. The van der Waals surface area contributed by atoms with Crippen LogP contribution in [0.3, 0.4) is 0 Å². The monoisotopic (exact) mass is 419 g/mol. The van der Waals surface area contributed by atoms with Crippen molar-refractivity contribution in [2.75, 3.05) is 13.7 Å². The molecule has 0 amide bonds. The van der Waals surface area contributed by atoms with Gasteiger partial charge in [0.2, 0.25) is 10.0 Å². The van der Waals surface area contributed by atoms with Gasteiger partial charge in [-0.2, -0.15) is 0 Å². The highest BCUT2D eigenvalue weighted by Gasteiger charge is 2.23. The van der Waals surface area contributed by atoms with Crippen LogP contribution < -0.4 is 4.72 Å². The van der Waals surface area contributed by atoms with Crippen LogP contribution in [0.15, 0.2) is 14.7 Å². The van der Waals surface area contributed by atoms with Gasteiger partial charge in [-0.25, -0.2) is 13.1 Å². The van der Waals surface area contributed by atoms with Crippen molar-refractivity contribution >= 4 is 59.2 Å². The van der Waals surface area contributed by atoms with Crippen molar-refractivity contribution in [2.45, 2.75) is 16.6 Å². The Morgan fingerprint density at radius 2 is 2.22 bits per heavy atom. The maximum Gasteiger partial charge on any atom is 0.320 e. The molecule has 1 rings (SSSR count). The molecule has 1 aromatic rings. The fourth-order valence-electron chi connectivity index (χ4n) is 1.17. The zero-order valence-corrected chi connectivity index (χ0v) is 14.4. The van der Waals surface area contributed by atoms with Gasteiger partial charge in [0.25, 0.3) is 0 Å². The molecule has 0 spiro atoms. The lowest BCUT2D eigenvalue weighted by Gasteiger charge is -2.09. The van der Waals surface area contributed by atoms with Gasteiger partial charge >= 0.3 is 5.97 Å². The number of hydrogen-bond donors (Lipinski definition) is 1.